The van der Waals surface area contributed by atoms with Gasteiger partial charge >= 0.3 is 0 Å². The van der Waals surface area contributed by atoms with Gasteiger partial charge in [-0.3, -0.25) is 0 Å². The van der Waals surface area contributed by atoms with E-state index in [2.05, 4.69) is 29.2 Å². The van der Waals surface area contributed by atoms with E-state index in [0.29, 0.717) is 0 Å². The van der Waals surface area contributed by atoms with Gasteiger partial charge in [0, 0.05) is 4.43 Å². The molecule has 0 spiro atoms. The van der Waals surface area contributed by atoms with E-state index in [4.69, 9.17) is 22.2 Å². The van der Waals surface area contributed by atoms with Crippen LogP contribution in [0.15, 0.2) is 11.8 Å². The lowest BCUT2D eigenvalue weighted by molar-refractivity contribution is 1.79. The van der Waals surface area contributed by atoms with Gasteiger partial charge in [-0.2, -0.15) is 0 Å². The minimum atomic E-state index is -1.52. The predicted molar refractivity (Wildman–Crippen MR) is 46.9 cm³/mol. The Labute approximate surface area is 68.0 Å². The molecule has 0 N–H and O–H groups in total. The van der Waals surface area contributed by atoms with Crippen LogP contribution >= 0.6 is 44.7 Å². The summed E-state index contributed by atoms with van der Waals surface area (Å²) in [6, 6.07) is 0. The molecule has 0 atom stereocenters. The molecule has 0 saturated carbocycles. The standard InChI is InChI=1S/C3H5Cl2ISi/c1-3(2-6)7(4)5/h7H,1-2H2. The monoisotopic (exact) mass is 266 g/mol. The average Bonchev–Trinajstić information content (AvgIpc) is 1.65. The molecule has 0 amide bonds. The molecular formula is C3H5Cl2ISi. The van der Waals surface area contributed by atoms with Gasteiger partial charge in [-0.25, -0.2) is 0 Å². The van der Waals surface area contributed by atoms with Crippen LogP contribution in [-0.4, -0.2) is 11.8 Å². The van der Waals surface area contributed by atoms with Gasteiger partial charge in [-0.05, 0) is 0 Å². The molecule has 42 valence electrons. The maximum absolute atomic E-state index is 5.53. The van der Waals surface area contributed by atoms with Gasteiger partial charge in [0.2, 0.25) is 0 Å². The fourth-order valence-corrected chi connectivity index (χ4v) is 3.52. The Morgan fingerprint density at radius 3 is 2.14 bits per heavy atom. The first-order valence-corrected chi connectivity index (χ1v) is 7.29. The largest absolute Gasteiger partial charge is 0.262 e. The number of halogens is 3. The molecule has 0 aliphatic rings. The molecule has 0 heterocycles. The third-order valence-electron chi connectivity index (χ3n) is 0.480. The topological polar surface area (TPSA) is 0 Å². The molecule has 0 aliphatic carbocycles. The fourth-order valence-electron chi connectivity index (χ4n) is 0.0583. The third-order valence-corrected chi connectivity index (χ3v) is 4.96. The van der Waals surface area contributed by atoms with Crippen molar-refractivity contribution in [1.82, 2.24) is 0 Å². The molecule has 0 fully saturated rings. The quantitative estimate of drug-likeness (QED) is 0.311. The van der Waals surface area contributed by atoms with Gasteiger partial charge in [-0.15, -0.1) is 28.7 Å². The van der Waals surface area contributed by atoms with Crippen LogP contribution < -0.4 is 0 Å². The zero-order chi connectivity index (χ0) is 5.86. The zero-order valence-corrected chi connectivity index (χ0v) is 8.45. The van der Waals surface area contributed by atoms with E-state index in [1.807, 2.05) is 0 Å². The van der Waals surface area contributed by atoms with E-state index in [1.165, 1.54) is 0 Å². The van der Waals surface area contributed by atoms with Crippen LogP contribution in [0.2, 0.25) is 0 Å². The first-order valence-electron chi connectivity index (χ1n) is 1.70. The maximum Gasteiger partial charge on any atom is 0.262 e. The summed E-state index contributed by atoms with van der Waals surface area (Å²) in [6.45, 7) is 3.66. The summed E-state index contributed by atoms with van der Waals surface area (Å²) in [5, 5.41) is 1.00. The summed E-state index contributed by atoms with van der Waals surface area (Å²) >= 11 is 13.3. The van der Waals surface area contributed by atoms with Crippen LogP contribution in [0, 0.1) is 0 Å². The predicted octanol–water partition coefficient (Wildman–Crippen LogP) is 2.21. The van der Waals surface area contributed by atoms with E-state index in [-0.39, 0.29) is 0 Å². The Morgan fingerprint density at radius 2 is 2.14 bits per heavy atom. The maximum atomic E-state index is 5.53. The molecule has 7 heavy (non-hydrogen) atoms. The molecule has 0 nitrogen and oxygen atoms in total. The Hall–Kier alpha value is 1.27. The van der Waals surface area contributed by atoms with Crippen molar-refractivity contribution in [2.45, 2.75) is 0 Å². The first kappa shape index (κ1) is 8.27. The number of alkyl halides is 1. The molecule has 0 unspecified atom stereocenters. The van der Waals surface area contributed by atoms with Crippen molar-refractivity contribution in [1.29, 1.82) is 0 Å². The molecule has 0 aromatic heterocycles. The smallest absolute Gasteiger partial charge is 0.145 e. The van der Waals surface area contributed by atoms with Crippen LogP contribution in [-0.2, 0) is 0 Å². The highest BCUT2D eigenvalue weighted by atomic mass is 127. The van der Waals surface area contributed by atoms with E-state index in [1.54, 1.807) is 0 Å². The summed E-state index contributed by atoms with van der Waals surface area (Å²) in [6.07, 6.45) is 0. The highest BCUT2D eigenvalue weighted by Gasteiger charge is 2.03. The van der Waals surface area contributed by atoms with Crippen molar-refractivity contribution in [3.8, 4) is 0 Å². The third kappa shape index (κ3) is 3.82. The summed E-state index contributed by atoms with van der Waals surface area (Å²) in [7, 11) is -1.52. The first-order chi connectivity index (χ1) is 3.18. The highest BCUT2D eigenvalue weighted by Crippen LogP contribution is 2.08. The Kier molecular flexibility index (Phi) is 4.93. The lowest BCUT2D eigenvalue weighted by atomic mass is 10.8. The number of allylic oxidation sites excluding steroid dienone is 1. The van der Waals surface area contributed by atoms with Gasteiger partial charge < -0.3 is 0 Å². The van der Waals surface area contributed by atoms with Crippen molar-refractivity contribution in [3.63, 3.8) is 0 Å². The summed E-state index contributed by atoms with van der Waals surface area (Å²) in [5.74, 6) is 0. The minimum absolute atomic E-state index is 0.891. The molecule has 0 rings (SSSR count). The van der Waals surface area contributed by atoms with Crippen molar-refractivity contribution >= 4 is 52.2 Å². The average molecular weight is 267 g/mol. The molecule has 0 aromatic carbocycles. The van der Waals surface area contributed by atoms with E-state index in [9.17, 15) is 0 Å². The zero-order valence-electron chi connectivity index (χ0n) is 3.63. The molecule has 4 heteroatoms. The van der Waals surface area contributed by atoms with E-state index >= 15 is 0 Å². The second kappa shape index (κ2) is 4.18. The van der Waals surface area contributed by atoms with Crippen molar-refractivity contribution in [2.75, 3.05) is 4.43 Å². The van der Waals surface area contributed by atoms with Gasteiger partial charge in [0.05, 0.1) is 0 Å². The van der Waals surface area contributed by atoms with Crippen molar-refractivity contribution < 1.29 is 0 Å². The van der Waals surface area contributed by atoms with Gasteiger partial charge in [-0.1, -0.05) is 27.8 Å². The summed E-state index contributed by atoms with van der Waals surface area (Å²) in [5.41, 5.74) is 0. The van der Waals surface area contributed by atoms with E-state index in [0.717, 1.165) is 9.62 Å². The molecule has 0 aliphatic heterocycles. The lowest BCUT2D eigenvalue weighted by Crippen LogP contribution is -1.97. The molecule has 0 bridgehead atoms. The number of hydrogen-bond donors (Lipinski definition) is 0. The highest BCUT2D eigenvalue weighted by molar-refractivity contribution is 14.1. The Bertz CT molecular complexity index is 73.3. The van der Waals surface area contributed by atoms with Crippen LogP contribution in [0.4, 0.5) is 0 Å². The molecule has 0 radical (unpaired) electrons. The number of rotatable bonds is 2. The van der Waals surface area contributed by atoms with E-state index < -0.39 is 7.42 Å². The minimum Gasteiger partial charge on any atom is -0.145 e. The van der Waals surface area contributed by atoms with Gasteiger partial charge in [0.25, 0.3) is 7.42 Å². The van der Waals surface area contributed by atoms with Crippen LogP contribution in [0.3, 0.4) is 0 Å². The summed E-state index contributed by atoms with van der Waals surface area (Å²) < 4.78 is 0.891. The lowest BCUT2D eigenvalue weighted by Gasteiger charge is -1.94. The molecule has 0 saturated heterocycles. The van der Waals surface area contributed by atoms with Crippen molar-refractivity contribution in [3.05, 3.63) is 11.8 Å². The van der Waals surface area contributed by atoms with Gasteiger partial charge in [0.1, 0.15) is 0 Å². The molecule has 0 aromatic rings. The van der Waals surface area contributed by atoms with Crippen LogP contribution in [0.5, 0.6) is 0 Å². The normalized spacial score (nSPS) is 9.71. The Morgan fingerprint density at radius 1 is 1.71 bits per heavy atom. The Balaban J connectivity index is 3.35. The SMILES string of the molecule is C=C(CI)[SiH](Cl)Cl. The molecular weight excluding hydrogens is 262 g/mol. The second-order valence-electron chi connectivity index (χ2n) is 1.09. The second-order valence-corrected chi connectivity index (χ2v) is 6.56. The van der Waals surface area contributed by atoms with Gasteiger partial charge in [0.15, 0.2) is 0 Å². The van der Waals surface area contributed by atoms with Crippen molar-refractivity contribution in [2.24, 2.45) is 0 Å². The number of hydrogen-bond acceptors (Lipinski definition) is 0. The van der Waals surface area contributed by atoms with Crippen LogP contribution in [0.1, 0.15) is 0 Å². The fraction of sp³-hybridized carbons (Fsp3) is 0.333. The van der Waals surface area contributed by atoms with Crippen LogP contribution in [0.25, 0.3) is 0 Å². The summed E-state index contributed by atoms with van der Waals surface area (Å²) in [4.78, 5) is 0.